The van der Waals surface area contributed by atoms with Gasteiger partial charge in [-0.15, -0.1) is 0 Å². The first-order chi connectivity index (χ1) is 24.8. The summed E-state index contributed by atoms with van der Waals surface area (Å²) in [5, 5.41) is 6.36. The monoisotopic (exact) mass is 710 g/mol. The molecule has 3 heterocycles. The Morgan fingerprint density at radius 3 is 2.54 bits per heavy atom. The molecule has 1 aliphatic carbocycles. The summed E-state index contributed by atoms with van der Waals surface area (Å²) >= 11 is 0. The number of hydrogen-bond donors (Lipinski definition) is 2. The third-order valence-corrected chi connectivity index (χ3v) is 9.71. The van der Waals surface area contributed by atoms with Gasteiger partial charge in [-0.25, -0.2) is 14.6 Å². The molecule has 2 aliphatic heterocycles. The van der Waals surface area contributed by atoms with Gasteiger partial charge in [0.05, 0.1) is 24.9 Å². The Morgan fingerprint density at radius 2 is 1.81 bits per heavy atom. The topological polar surface area (TPSA) is 153 Å². The summed E-state index contributed by atoms with van der Waals surface area (Å²) in [6.07, 6.45) is 3.32. The van der Waals surface area contributed by atoms with Gasteiger partial charge in [-0.05, 0) is 64.7 Å². The lowest BCUT2D eigenvalue weighted by molar-refractivity contribution is -0.148. The molecule has 3 amide bonds. The Morgan fingerprint density at radius 1 is 1.04 bits per heavy atom. The summed E-state index contributed by atoms with van der Waals surface area (Å²) < 4.78 is 17.2. The molecule has 3 aromatic rings. The number of pyridine rings is 1. The van der Waals surface area contributed by atoms with Crippen molar-refractivity contribution in [1.29, 1.82) is 0 Å². The molecular formula is C40H46N4O8. The minimum absolute atomic E-state index is 0.00225. The van der Waals surface area contributed by atoms with Crippen molar-refractivity contribution in [2.45, 2.75) is 95.5 Å². The zero-order chi connectivity index (χ0) is 37.2. The number of esters is 1. The standard InChI is InChI=1S/C40H46N4O8/c1-24-15-17-29-32(19-24)41-31(25-11-7-6-8-12-25)21-34(29)51-28-20-33-35(46)43-40(37(48)50-5)22-26(40)13-9-10-14-27(45)16-18-30(36(47)44(33)23-28)42-38(49)52-39(2,3)4/h6-9,11-13,15,17,19,21,26,28,30,33H,10,14,16,18,20,22-23H2,1-5H3,(H,42,49)(H,43,46)/b13-9-/t26-,28?,30+,33+,40-/m1/s1. The summed E-state index contributed by atoms with van der Waals surface area (Å²) in [6.45, 7) is 7.11. The number of aromatic nitrogens is 1. The highest BCUT2D eigenvalue weighted by Gasteiger charge is 2.62. The Hall–Kier alpha value is -5.26. The molecule has 1 saturated heterocycles. The quantitative estimate of drug-likeness (QED) is 0.269. The van der Waals surface area contributed by atoms with E-state index in [-0.39, 0.29) is 43.9 Å². The second kappa shape index (κ2) is 14.8. The second-order valence-corrected chi connectivity index (χ2v) is 14.9. The highest BCUT2D eigenvalue weighted by Crippen LogP contribution is 2.46. The van der Waals surface area contributed by atoms with Crippen molar-refractivity contribution in [1.82, 2.24) is 20.5 Å². The maximum Gasteiger partial charge on any atom is 0.408 e. The number of alkyl carbamates (subject to hydrolysis) is 1. The molecule has 52 heavy (non-hydrogen) atoms. The highest BCUT2D eigenvalue weighted by atomic mass is 16.6. The zero-order valence-corrected chi connectivity index (χ0v) is 30.3. The number of aryl methyl sites for hydroxylation is 1. The maximum atomic E-state index is 14.5. The summed E-state index contributed by atoms with van der Waals surface area (Å²) in [5.41, 5.74) is 1.23. The molecule has 1 aromatic heterocycles. The number of hydrogen-bond acceptors (Lipinski definition) is 9. The van der Waals surface area contributed by atoms with Gasteiger partial charge >= 0.3 is 12.1 Å². The van der Waals surface area contributed by atoms with Gasteiger partial charge in [-0.1, -0.05) is 48.6 Å². The first-order valence-electron chi connectivity index (χ1n) is 17.8. The van der Waals surface area contributed by atoms with Gasteiger partial charge in [0.1, 0.15) is 40.9 Å². The molecule has 0 bridgehead atoms. The number of amides is 3. The molecule has 2 fully saturated rings. The molecule has 2 aromatic carbocycles. The van der Waals surface area contributed by atoms with E-state index in [1.807, 2.05) is 73.7 Å². The van der Waals surface area contributed by atoms with Gasteiger partial charge in [-0.3, -0.25) is 14.4 Å². The van der Waals surface area contributed by atoms with Gasteiger partial charge in [0, 0.05) is 42.2 Å². The van der Waals surface area contributed by atoms with Crippen molar-refractivity contribution in [3.8, 4) is 17.0 Å². The number of carbonyl (C=O) groups excluding carboxylic acids is 5. The van der Waals surface area contributed by atoms with Crippen molar-refractivity contribution in [2.24, 2.45) is 5.92 Å². The van der Waals surface area contributed by atoms with Crippen LogP contribution >= 0.6 is 0 Å². The van der Waals surface area contributed by atoms with Crippen LogP contribution in [0.4, 0.5) is 4.79 Å². The molecule has 12 heteroatoms. The molecule has 5 atom stereocenters. The van der Waals surface area contributed by atoms with Gasteiger partial charge in [-0.2, -0.15) is 0 Å². The van der Waals surface area contributed by atoms with E-state index < -0.39 is 53.2 Å². The van der Waals surface area contributed by atoms with Crippen molar-refractivity contribution in [3.63, 3.8) is 0 Å². The first-order valence-corrected chi connectivity index (χ1v) is 17.8. The summed E-state index contributed by atoms with van der Waals surface area (Å²) in [6, 6.07) is 15.2. The van der Waals surface area contributed by atoms with Gasteiger partial charge in [0.25, 0.3) is 0 Å². The zero-order valence-electron chi connectivity index (χ0n) is 30.3. The van der Waals surface area contributed by atoms with E-state index in [1.165, 1.54) is 12.0 Å². The van der Waals surface area contributed by atoms with Gasteiger partial charge < -0.3 is 29.7 Å². The maximum absolute atomic E-state index is 14.5. The largest absolute Gasteiger partial charge is 0.488 e. The molecular weight excluding hydrogens is 664 g/mol. The van der Waals surface area contributed by atoms with Crippen LogP contribution in [0.25, 0.3) is 22.2 Å². The number of nitrogens with one attached hydrogen (secondary N) is 2. The second-order valence-electron chi connectivity index (χ2n) is 14.9. The van der Waals surface area contributed by atoms with Crippen LogP contribution in [0.15, 0.2) is 66.7 Å². The number of nitrogens with zero attached hydrogens (tertiary/aromatic N) is 2. The molecule has 3 aliphatic rings. The van der Waals surface area contributed by atoms with Crippen LogP contribution in [0.5, 0.6) is 5.75 Å². The highest BCUT2D eigenvalue weighted by molar-refractivity contribution is 5.97. The van der Waals surface area contributed by atoms with Crippen LogP contribution in [-0.2, 0) is 28.7 Å². The van der Waals surface area contributed by atoms with Crippen LogP contribution in [0.3, 0.4) is 0 Å². The summed E-state index contributed by atoms with van der Waals surface area (Å²) in [7, 11) is 1.27. The molecule has 274 valence electrons. The molecule has 1 unspecified atom stereocenters. The SMILES string of the molecule is COC(=O)[C@@]12C[C@H]1/C=C\CCC(=O)CC[C@H](NC(=O)OC(C)(C)C)C(=O)N1CC(Oc3cc(-c4ccccc4)nc4cc(C)ccc34)C[C@H]1C(=O)N2. The summed E-state index contributed by atoms with van der Waals surface area (Å²) in [4.78, 5) is 73.9. The van der Waals surface area contributed by atoms with E-state index in [1.54, 1.807) is 20.8 Å². The van der Waals surface area contributed by atoms with Crippen LogP contribution in [0, 0.1) is 12.8 Å². The third-order valence-electron chi connectivity index (χ3n) is 9.71. The van der Waals surface area contributed by atoms with Crippen molar-refractivity contribution in [2.75, 3.05) is 13.7 Å². The number of methoxy groups -OCH3 is 1. The van der Waals surface area contributed by atoms with Crippen molar-refractivity contribution in [3.05, 3.63) is 72.3 Å². The van der Waals surface area contributed by atoms with Crippen LogP contribution in [0.1, 0.15) is 64.9 Å². The molecule has 12 nitrogen and oxygen atoms in total. The number of fused-ring (bicyclic) bond motifs is 3. The Kier molecular flexibility index (Phi) is 10.4. The fourth-order valence-electron chi connectivity index (χ4n) is 6.99. The van der Waals surface area contributed by atoms with E-state index >= 15 is 0 Å². The van der Waals surface area contributed by atoms with E-state index in [0.717, 1.165) is 22.0 Å². The summed E-state index contributed by atoms with van der Waals surface area (Å²) in [5.74, 6) is -1.56. The van der Waals surface area contributed by atoms with Gasteiger partial charge in [0.15, 0.2) is 0 Å². The fourth-order valence-corrected chi connectivity index (χ4v) is 6.99. The van der Waals surface area contributed by atoms with Crippen molar-refractivity contribution < 1.29 is 38.2 Å². The van der Waals surface area contributed by atoms with Crippen LogP contribution in [0.2, 0.25) is 0 Å². The lowest BCUT2D eigenvalue weighted by Crippen LogP contribution is -2.56. The third kappa shape index (κ3) is 8.11. The number of ketones is 1. The van der Waals surface area contributed by atoms with E-state index in [9.17, 15) is 24.0 Å². The number of allylic oxidation sites excluding steroid dienone is 1. The van der Waals surface area contributed by atoms with Gasteiger partial charge in [0.2, 0.25) is 11.8 Å². The Balaban J connectivity index is 1.36. The normalized spacial score (nSPS) is 25.9. The average Bonchev–Trinajstić information content (AvgIpc) is 3.63. The number of carbonyl (C=O) groups is 5. The Bertz CT molecular complexity index is 1900. The van der Waals surface area contributed by atoms with Crippen LogP contribution in [-0.4, -0.2) is 82.5 Å². The lowest BCUT2D eigenvalue weighted by Gasteiger charge is -2.30. The smallest absolute Gasteiger partial charge is 0.408 e. The number of rotatable bonds is 5. The Labute approximate surface area is 303 Å². The predicted octanol–water partition coefficient (Wildman–Crippen LogP) is 5.20. The van der Waals surface area contributed by atoms with E-state index in [0.29, 0.717) is 24.3 Å². The van der Waals surface area contributed by atoms with E-state index in [2.05, 4.69) is 10.6 Å². The molecule has 1 saturated carbocycles. The minimum Gasteiger partial charge on any atom is -0.488 e. The lowest BCUT2D eigenvalue weighted by atomic mass is 10.0. The molecule has 2 N–H and O–H groups in total. The fraction of sp³-hybridized carbons (Fsp3) is 0.450. The minimum atomic E-state index is -1.29. The number of Topliss-reactive ketones (excluding diaryl/α,β-unsaturated/α-hetero) is 1. The molecule has 0 spiro atoms. The first kappa shape index (κ1) is 36.5. The van der Waals surface area contributed by atoms with Crippen molar-refractivity contribution >= 4 is 40.6 Å². The predicted molar refractivity (Wildman–Crippen MR) is 193 cm³/mol. The molecule has 6 rings (SSSR count). The van der Waals surface area contributed by atoms with E-state index in [4.69, 9.17) is 19.2 Å². The number of ether oxygens (including phenoxy) is 3. The number of benzene rings is 2. The average molecular weight is 711 g/mol. The van der Waals surface area contributed by atoms with Crippen LogP contribution < -0.4 is 15.4 Å². The molecule has 0 radical (unpaired) electrons.